The second-order valence-corrected chi connectivity index (χ2v) is 3.77. The van der Waals surface area contributed by atoms with Crippen molar-refractivity contribution in [2.75, 3.05) is 7.11 Å². The number of allylic oxidation sites excluding steroid dienone is 2. The average molecular weight is 212 g/mol. The summed E-state index contributed by atoms with van der Waals surface area (Å²) < 4.78 is 9.36. The summed E-state index contributed by atoms with van der Waals surface area (Å²) in [5.41, 5.74) is -0.506. The Labute approximate surface area is 89.6 Å². The molecule has 0 aromatic rings. The molecule has 0 rings (SSSR count). The van der Waals surface area contributed by atoms with Gasteiger partial charge in [0.15, 0.2) is 0 Å². The Balaban J connectivity index is 4.03. The zero-order valence-electron chi connectivity index (χ0n) is 9.44. The van der Waals surface area contributed by atoms with Gasteiger partial charge in [0.25, 0.3) is 0 Å². The fourth-order valence-corrected chi connectivity index (χ4v) is 0.672. The van der Waals surface area contributed by atoms with Crippen molar-refractivity contribution in [1.82, 2.24) is 0 Å². The first-order valence-corrected chi connectivity index (χ1v) is 4.51. The first kappa shape index (κ1) is 13.4. The van der Waals surface area contributed by atoms with E-state index >= 15 is 0 Å². The van der Waals surface area contributed by atoms with Gasteiger partial charge in [-0.05, 0) is 20.8 Å². The molecule has 0 saturated heterocycles. The summed E-state index contributed by atoms with van der Waals surface area (Å²) in [4.78, 5) is 21.7. The third kappa shape index (κ3) is 8.74. The van der Waals surface area contributed by atoms with Crippen LogP contribution in [0.5, 0.6) is 0 Å². The Hall–Kier alpha value is -1.58. The molecule has 0 N–H and O–H groups in total. The molecule has 0 radical (unpaired) electrons. The molecule has 0 fully saturated rings. The lowest BCUT2D eigenvalue weighted by atomic mass is 10.2. The lowest BCUT2D eigenvalue weighted by Gasteiger charge is -2.17. The Morgan fingerprint density at radius 1 is 1.00 bits per heavy atom. The largest absolute Gasteiger partial charge is 0.466 e. The van der Waals surface area contributed by atoms with Crippen LogP contribution in [0.4, 0.5) is 0 Å². The van der Waals surface area contributed by atoms with E-state index in [9.17, 15) is 9.59 Å². The van der Waals surface area contributed by atoms with Crippen LogP contribution in [0.2, 0.25) is 0 Å². The molecule has 0 saturated carbocycles. The van der Waals surface area contributed by atoms with Crippen molar-refractivity contribution in [3.63, 3.8) is 0 Å². The van der Waals surface area contributed by atoms with E-state index in [-0.39, 0.29) is 0 Å². The summed E-state index contributed by atoms with van der Waals surface area (Å²) >= 11 is 0. The summed E-state index contributed by atoms with van der Waals surface area (Å²) in [5, 5.41) is 0. The molecule has 0 heterocycles. The van der Waals surface area contributed by atoms with E-state index in [1.54, 1.807) is 20.8 Å². The van der Waals surface area contributed by atoms with Gasteiger partial charge in [-0.3, -0.25) is 0 Å². The topological polar surface area (TPSA) is 52.6 Å². The number of ether oxygens (including phenoxy) is 2. The summed E-state index contributed by atoms with van der Waals surface area (Å²) in [6.45, 7) is 5.34. The van der Waals surface area contributed by atoms with Crippen molar-refractivity contribution < 1.29 is 19.1 Å². The first-order chi connectivity index (χ1) is 6.85. The van der Waals surface area contributed by atoms with Crippen LogP contribution in [0.1, 0.15) is 20.8 Å². The first-order valence-electron chi connectivity index (χ1n) is 4.51. The molecule has 84 valence electrons. The summed E-state index contributed by atoms with van der Waals surface area (Å²) in [7, 11) is 1.28. The van der Waals surface area contributed by atoms with E-state index < -0.39 is 17.5 Å². The van der Waals surface area contributed by atoms with E-state index in [4.69, 9.17) is 4.74 Å². The van der Waals surface area contributed by atoms with Crippen LogP contribution in [-0.4, -0.2) is 24.6 Å². The van der Waals surface area contributed by atoms with Gasteiger partial charge in [0.2, 0.25) is 0 Å². The number of carbonyl (C=O) groups excluding carboxylic acids is 2. The number of hydrogen-bond donors (Lipinski definition) is 0. The molecule has 0 spiro atoms. The van der Waals surface area contributed by atoms with E-state index in [1.165, 1.54) is 31.4 Å². The zero-order valence-corrected chi connectivity index (χ0v) is 9.44. The molecular formula is C11H16O4. The maximum atomic E-state index is 11.1. The van der Waals surface area contributed by atoms with Gasteiger partial charge >= 0.3 is 11.9 Å². The highest BCUT2D eigenvalue weighted by Gasteiger charge is 2.13. The van der Waals surface area contributed by atoms with Crippen LogP contribution < -0.4 is 0 Å². The highest BCUT2D eigenvalue weighted by Crippen LogP contribution is 2.06. The maximum absolute atomic E-state index is 11.1. The predicted octanol–water partition coefficient (Wildman–Crippen LogP) is 1.61. The SMILES string of the molecule is COC(=O)/C=C/C=C/C(=O)OC(C)(C)C. The third-order valence-electron chi connectivity index (χ3n) is 1.18. The van der Waals surface area contributed by atoms with E-state index in [0.717, 1.165) is 0 Å². The van der Waals surface area contributed by atoms with Gasteiger partial charge in [-0.2, -0.15) is 0 Å². The van der Waals surface area contributed by atoms with Crippen LogP contribution in [0.15, 0.2) is 24.3 Å². The van der Waals surface area contributed by atoms with Crippen molar-refractivity contribution >= 4 is 11.9 Å². The molecule has 0 aliphatic heterocycles. The molecule has 0 unspecified atom stereocenters. The minimum atomic E-state index is -0.506. The Bertz CT molecular complexity index is 281. The monoisotopic (exact) mass is 212 g/mol. The minimum Gasteiger partial charge on any atom is -0.466 e. The van der Waals surface area contributed by atoms with E-state index in [0.29, 0.717) is 0 Å². The van der Waals surface area contributed by atoms with Gasteiger partial charge in [-0.15, -0.1) is 0 Å². The molecule has 0 aromatic carbocycles. The second-order valence-electron chi connectivity index (χ2n) is 3.77. The van der Waals surface area contributed by atoms with Crippen LogP contribution in [-0.2, 0) is 19.1 Å². The summed E-state index contributed by atoms with van der Waals surface area (Å²) in [6.07, 6.45) is 5.28. The van der Waals surface area contributed by atoms with Crippen LogP contribution in [0.25, 0.3) is 0 Å². The molecule has 0 bridgehead atoms. The standard InChI is InChI=1S/C11H16O4/c1-11(2,3)15-10(13)8-6-5-7-9(12)14-4/h5-8H,1-4H3/b7-5+,8-6+. The molecule has 0 amide bonds. The molecule has 0 atom stereocenters. The van der Waals surface area contributed by atoms with Gasteiger partial charge in [0.05, 0.1) is 7.11 Å². The minimum absolute atomic E-state index is 0.447. The highest BCUT2D eigenvalue weighted by atomic mass is 16.6. The van der Waals surface area contributed by atoms with Crippen molar-refractivity contribution in [1.29, 1.82) is 0 Å². The molecule has 15 heavy (non-hydrogen) atoms. The smallest absolute Gasteiger partial charge is 0.331 e. The lowest BCUT2D eigenvalue weighted by Crippen LogP contribution is -2.22. The molecule has 0 aliphatic rings. The fraction of sp³-hybridized carbons (Fsp3) is 0.455. The Morgan fingerprint density at radius 2 is 1.47 bits per heavy atom. The van der Waals surface area contributed by atoms with Gasteiger partial charge in [0, 0.05) is 12.2 Å². The van der Waals surface area contributed by atoms with Gasteiger partial charge in [-0.25, -0.2) is 9.59 Å². The lowest BCUT2D eigenvalue weighted by molar-refractivity contribution is -0.148. The van der Waals surface area contributed by atoms with Crippen molar-refractivity contribution in [2.45, 2.75) is 26.4 Å². The summed E-state index contributed by atoms with van der Waals surface area (Å²) in [6, 6.07) is 0. The van der Waals surface area contributed by atoms with Crippen molar-refractivity contribution in [3.8, 4) is 0 Å². The van der Waals surface area contributed by atoms with Gasteiger partial charge in [-0.1, -0.05) is 12.2 Å². The molecule has 4 nitrogen and oxygen atoms in total. The van der Waals surface area contributed by atoms with Crippen molar-refractivity contribution in [2.24, 2.45) is 0 Å². The highest BCUT2D eigenvalue weighted by molar-refractivity contribution is 5.84. The normalized spacial score (nSPS) is 12.0. The maximum Gasteiger partial charge on any atom is 0.331 e. The molecule has 0 aliphatic carbocycles. The quantitative estimate of drug-likeness (QED) is 0.405. The predicted molar refractivity (Wildman–Crippen MR) is 56.1 cm³/mol. The van der Waals surface area contributed by atoms with Gasteiger partial charge < -0.3 is 9.47 Å². The van der Waals surface area contributed by atoms with Gasteiger partial charge in [0.1, 0.15) is 5.60 Å². The number of rotatable bonds is 3. The fourth-order valence-electron chi connectivity index (χ4n) is 0.672. The molecule has 0 aromatic heterocycles. The van der Waals surface area contributed by atoms with E-state index in [2.05, 4.69) is 4.74 Å². The third-order valence-corrected chi connectivity index (χ3v) is 1.18. The molecule has 4 heteroatoms. The Kier molecular flexibility index (Phi) is 5.37. The zero-order chi connectivity index (χ0) is 11.9. The molecular weight excluding hydrogens is 196 g/mol. The summed E-state index contributed by atoms with van der Waals surface area (Å²) in [5.74, 6) is -0.916. The number of hydrogen-bond acceptors (Lipinski definition) is 4. The second kappa shape index (κ2) is 6.01. The number of carbonyl (C=O) groups is 2. The van der Waals surface area contributed by atoms with Crippen LogP contribution in [0.3, 0.4) is 0 Å². The van der Waals surface area contributed by atoms with E-state index in [1.807, 2.05) is 0 Å². The number of esters is 2. The van der Waals surface area contributed by atoms with Crippen molar-refractivity contribution in [3.05, 3.63) is 24.3 Å². The number of methoxy groups -OCH3 is 1. The van der Waals surface area contributed by atoms with Crippen LogP contribution in [0, 0.1) is 0 Å². The Morgan fingerprint density at radius 3 is 1.87 bits per heavy atom. The average Bonchev–Trinajstić information content (AvgIpc) is 2.09. The van der Waals surface area contributed by atoms with Crippen LogP contribution >= 0.6 is 0 Å².